The SMILES string of the molecule is CCN1CCCC1CNC(=O)C1(C)CCCC1N. The summed E-state index contributed by atoms with van der Waals surface area (Å²) in [5, 5.41) is 3.14. The average molecular weight is 253 g/mol. The summed E-state index contributed by atoms with van der Waals surface area (Å²) < 4.78 is 0. The van der Waals surface area contributed by atoms with Crippen LogP contribution >= 0.6 is 0 Å². The number of carbonyl (C=O) groups excluding carboxylic acids is 1. The van der Waals surface area contributed by atoms with Gasteiger partial charge >= 0.3 is 0 Å². The first-order chi connectivity index (χ1) is 8.58. The summed E-state index contributed by atoms with van der Waals surface area (Å²) in [6.07, 6.45) is 5.45. The highest BCUT2D eigenvalue weighted by Gasteiger charge is 2.43. The molecule has 0 bridgehead atoms. The summed E-state index contributed by atoms with van der Waals surface area (Å²) in [5.41, 5.74) is 5.74. The molecule has 1 saturated carbocycles. The van der Waals surface area contributed by atoms with Crippen LogP contribution in [-0.2, 0) is 4.79 Å². The molecule has 2 rings (SSSR count). The monoisotopic (exact) mass is 253 g/mol. The standard InChI is InChI=1S/C14H27N3O/c1-3-17-9-5-6-11(17)10-16-13(18)14(2)8-4-7-12(14)15/h11-12H,3-10,15H2,1-2H3,(H,16,18). The molecule has 1 aliphatic carbocycles. The number of nitrogens with one attached hydrogen (secondary N) is 1. The van der Waals surface area contributed by atoms with Crippen molar-refractivity contribution in [2.24, 2.45) is 11.1 Å². The Morgan fingerprint density at radius 1 is 1.44 bits per heavy atom. The minimum absolute atomic E-state index is 0.0309. The molecular weight excluding hydrogens is 226 g/mol. The van der Waals surface area contributed by atoms with E-state index in [0.29, 0.717) is 6.04 Å². The summed E-state index contributed by atoms with van der Waals surface area (Å²) in [5.74, 6) is 0.162. The molecule has 0 radical (unpaired) electrons. The smallest absolute Gasteiger partial charge is 0.227 e. The van der Waals surface area contributed by atoms with Crippen LogP contribution in [0.5, 0.6) is 0 Å². The quantitative estimate of drug-likeness (QED) is 0.789. The van der Waals surface area contributed by atoms with Crippen LogP contribution in [0, 0.1) is 5.41 Å². The predicted molar refractivity (Wildman–Crippen MR) is 73.2 cm³/mol. The number of rotatable bonds is 4. The van der Waals surface area contributed by atoms with Gasteiger partial charge in [0.1, 0.15) is 0 Å². The van der Waals surface area contributed by atoms with Gasteiger partial charge in [-0.15, -0.1) is 0 Å². The Morgan fingerprint density at radius 2 is 2.22 bits per heavy atom. The molecule has 0 aromatic rings. The van der Waals surface area contributed by atoms with Gasteiger partial charge in [-0.2, -0.15) is 0 Å². The zero-order chi connectivity index (χ0) is 13.2. The third kappa shape index (κ3) is 2.54. The van der Waals surface area contributed by atoms with Crippen LogP contribution in [0.15, 0.2) is 0 Å². The summed E-state index contributed by atoms with van der Waals surface area (Å²) in [6.45, 7) is 7.25. The van der Waals surface area contributed by atoms with Gasteiger partial charge in [0.25, 0.3) is 0 Å². The summed E-state index contributed by atoms with van der Waals surface area (Å²) >= 11 is 0. The van der Waals surface area contributed by atoms with Crippen molar-refractivity contribution in [3.8, 4) is 0 Å². The Labute approximate surface area is 110 Å². The molecule has 1 aliphatic heterocycles. The van der Waals surface area contributed by atoms with E-state index in [4.69, 9.17) is 5.73 Å². The number of amides is 1. The lowest BCUT2D eigenvalue weighted by Crippen LogP contribution is -2.50. The number of nitrogens with two attached hydrogens (primary N) is 1. The summed E-state index contributed by atoms with van der Waals surface area (Å²) in [4.78, 5) is 14.8. The van der Waals surface area contributed by atoms with Crippen LogP contribution in [0.4, 0.5) is 0 Å². The maximum Gasteiger partial charge on any atom is 0.227 e. The first-order valence-corrected chi connectivity index (χ1v) is 7.36. The van der Waals surface area contributed by atoms with Crippen LogP contribution in [0.2, 0.25) is 0 Å². The van der Waals surface area contributed by atoms with Crippen molar-refractivity contribution in [1.82, 2.24) is 10.2 Å². The van der Waals surface area contributed by atoms with E-state index in [9.17, 15) is 4.79 Å². The van der Waals surface area contributed by atoms with E-state index in [1.54, 1.807) is 0 Å². The van der Waals surface area contributed by atoms with Gasteiger partial charge in [0, 0.05) is 18.6 Å². The van der Waals surface area contributed by atoms with Gasteiger partial charge in [-0.3, -0.25) is 9.69 Å². The predicted octanol–water partition coefficient (Wildman–Crippen LogP) is 1.10. The minimum atomic E-state index is -0.338. The van der Waals surface area contributed by atoms with Crippen LogP contribution in [0.25, 0.3) is 0 Å². The van der Waals surface area contributed by atoms with Gasteiger partial charge in [-0.25, -0.2) is 0 Å². The van der Waals surface area contributed by atoms with Gasteiger partial charge in [0.05, 0.1) is 5.41 Å². The van der Waals surface area contributed by atoms with E-state index in [1.165, 1.54) is 19.4 Å². The molecule has 2 fully saturated rings. The normalized spacial score (nSPS) is 37.1. The maximum atomic E-state index is 12.3. The third-order valence-electron chi connectivity index (χ3n) is 4.95. The first kappa shape index (κ1) is 13.8. The molecule has 4 heteroatoms. The minimum Gasteiger partial charge on any atom is -0.354 e. The highest BCUT2D eigenvalue weighted by atomic mass is 16.2. The van der Waals surface area contributed by atoms with Crippen molar-refractivity contribution in [3.05, 3.63) is 0 Å². The van der Waals surface area contributed by atoms with E-state index in [2.05, 4.69) is 17.1 Å². The van der Waals surface area contributed by atoms with E-state index in [1.807, 2.05) is 6.92 Å². The van der Waals surface area contributed by atoms with Crippen molar-refractivity contribution < 1.29 is 4.79 Å². The summed E-state index contributed by atoms with van der Waals surface area (Å²) in [6, 6.07) is 0.559. The fourth-order valence-corrected chi connectivity index (χ4v) is 3.43. The average Bonchev–Trinajstić information content (AvgIpc) is 2.94. The van der Waals surface area contributed by atoms with Crippen molar-refractivity contribution in [2.45, 2.75) is 58.0 Å². The Morgan fingerprint density at radius 3 is 2.83 bits per heavy atom. The Balaban J connectivity index is 1.84. The van der Waals surface area contributed by atoms with Gasteiger partial charge in [-0.1, -0.05) is 13.3 Å². The number of likely N-dealkylation sites (N-methyl/N-ethyl adjacent to an activating group) is 1. The highest BCUT2D eigenvalue weighted by Crippen LogP contribution is 2.36. The Hall–Kier alpha value is -0.610. The number of nitrogens with zero attached hydrogens (tertiary/aromatic N) is 1. The maximum absolute atomic E-state index is 12.3. The van der Waals surface area contributed by atoms with Gasteiger partial charge in [0.2, 0.25) is 5.91 Å². The number of carbonyl (C=O) groups is 1. The van der Waals surface area contributed by atoms with E-state index >= 15 is 0 Å². The lowest BCUT2D eigenvalue weighted by molar-refractivity contribution is -0.130. The zero-order valence-electron chi connectivity index (χ0n) is 11.7. The Bertz CT molecular complexity index is 307. The molecule has 1 amide bonds. The molecule has 3 atom stereocenters. The zero-order valence-corrected chi connectivity index (χ0v) is 11.7. The largest absolute Gasteiger partial charge is 0.354 e. The lowest BCUT2D eigenvalue weighted by atomic mass is 9.84. The fourth-order valence-electron chi connectivity index (χ4n) is 3.43. The molecule has 18 heavy (non-hydrogen) atoms. The molecule has 0 spiro atoms. The van der Waals surface area contributed by atoms with Crippen LogP contribution in [-0.4, -0.2) is 42.5 Å². The molecule has 0 aromatic carbocycles. The van der Waals surface area contributed by atoms with Gasteiger partial charge < -0.3 is 11.1 Å². The molecule has 1 saturated heterocycles. The van der Waals surface area contributed by atoms with E-state index in [0.717, 1.165) is 32.4 Å². The molecule has 2 aliphatic rings. The number of hydrogen-bond acceptors (Lipinski definition) is 3. The first-order valence-electron chi connectivity index (χ1n) is 7.36. The molecule has 4 nitrogen and oxygen atoms in total. The molecule has 0 aromatic heterocycles. The summed E-state index contributed by atoms with van der Waals surface area (Å²) in [7, 11) is 0. The second kappa shape index (κ2) is 5.57. The topological polar surface area (TPSA) is 58.4 Å². The van der Waals surface area contributed by atoms with E-state index < -0.39 is 0 Å². The van der Waals surface area contributed by atoms with Crippen molar-refractivity contribution >= 4 is 5.91 Å². The van der Waals surface area contributed by atoms with Crippen molar-refractivity contribution in [3.63, 3.8) is 0 Å². The number of hydrogen-bond donors (Lipinski definition) is 2. The van der Waals surface area contributed by atoms with Crippen molar-refractivity contribution in [1.29, 1.82) is 0 Å². The van der Waals surface area contributed by atoms with Crippen molar-refractivity contribution in [2.75, 3.05) is 19.6 Å². The van der Waals surface area contributed by atoms with Gasteiger partial charge in [-0.05, 0) is 45.7 Å². The third-order valence-corrected chi connectivity index (χ3v) is 4.95. The Kier molecular flexibility index (Phi) is 4.28. The number of likely N-dealkylation sites (tertiary alicyclic amines) is 1. The lowest BCUT2D eigenvalue weighted by Gasteiger charge is -2.29. The second-order valence-corrected chi connectivity index (χ2v) is 6.05. The highest BCUT2D eigenvalue weighted by molar-refractivity contribution is 5.83. The fraction of sp³-hybridized carbons (Fsp3) is 0.929. The van der Waals surface area contributed by atoms with E-state index in [-0.39, 0.29) is 17.4 Å². The molecule has 104 valence electrons. The molecule has 3 N–H and O–H groups in total. The van der Waals surface area contributed by atoms with Crippen LogP contribution < -0.4 is 11.1 Å². The second-order valence-electron chi connectivity index (χ2n) is 6.05. The van der Waals surface area contributed by atoms with Crippen LogP contribution in [0.1, 0.15) is 46.0 Å². The van der Waals surface area contributed by atoms with Gasteiger partial charge in [0.15, 0.2) is 0 Å². The molecule has 1 heterocycles. The van der Waals surface area contributed by atoms with Crippen LogP contribution in [0.3, 0.4) is 0 Å². The molecular formula is C14H27N3O. The molecule has 3 unspecified atom stereocenters.